The zero-order valence-electron chi connectivity index (χ0n) is 14.4. The Morgan fingerprint density at radius 3 is 2.38 bits per heavy atom. The smallest absolute Gasteiger partial charge is 0.255 e. The van der Waals surface area contributed by atoms with Crippen LogP contribution < -0.4 is 24.8 Å². The molecule has 1 amide bonds. The molecule has 0 saturated carbocycles. The van der Waals surface area contributed by atoms with E-state index >= 15 is 0 Å². The Kier molecular flexibility index (Phi) is 8.67. The molecule has 1 aromatic rings. The summed E-state index contributed by atoms with van der Waals surface area (Å²) in [6.45, 7) is 5.44. The third kappa shape index (κ3) is 4.90. The highest BCUT2D eigenvalue weighted by Crippen LogP contribution is 2.39. The lowest BCUT2D eigenvalue weighted by atomic mass is 10.1. The van der Waals surface area contributed by atoms with Crippen molar-refractivity contribution in [1.29, 1.82) is 0 Å². The molecule has 136 valence electrons. The van der Waals surface area contributed by atoms with E-state index in [2.05, 4.69) is 15.5 Å². The Morgan fingerprint density at radius 2 is 1.79 bits per heavy atom. The van der Waals surface area contributed by atoms with Crippen LogP contribution in [0.15, 0.2) is 12.1 Å². The zero-order valence-corrected chi connectivity index (χ0v) is 15.2. The van der Waals surface area contributed by atoms with Gasteiger partial charge in [0.1, 0.15) is 0 Å². The molecule has 0 aromatic heterocycles. The molecule has 0 aliphatic carbocycles. The fourth-order valence-electron chi connectivity index (χ4n) is 2.64. The van der Waals surface area contributed by atoms with Crippen molar-refractivity contribution < 1.29 is 19.0 Å². The average molecular weight is 360 g/mol. The van der Waals surface area contributed by atoms with E-state index in [-0.39, 0.29) is 18.3 Å². The predicted molar refractivity (Wildman–Crippen MR) is 95.0 cm³/mol. The summed E-state index contributed by atoms with van der Waals surface area (Å²) in [4.78, 5) is 14.7. The summed E-state index contributed by atoms with van der Waals surface area (Å²) in [7, 11) is 4.58. The molecular formula is C16H26ClN3O4. The Labute approximate surface area is 149 Å². The summed E-state index contributed by atoms with van der Waals surface area (Å²) >= 11 is 0. The molecule has 24 heavy (non-hydrogen) atoms. The Hall–Kier alpha value is -1.70. The van der Waals surface area contributed by atoms with Gasteiger partial charge >= 0.3 is 0 Å². The van der Waals surface area contributed by atoms with Gasteiger partial charge in [0.05, 0.1) is 26.9 Å². The summed E-state index contributed by atoms with van der Waals surface area (Å²) in [6.07, 6.45) is 0. The first-order chi connectivity index (χ1) is 11.2. The Balaban J connectivity index is 0.00000288. The van der Waals surface area contributed by atoms with Gasteiger partial charge in [-0.25, -0.2) is 0 Å². The summed E-state index contributed by atoms with van der Waals surface area (Å²) in [5.74, 6) is 1.15. The van der Waals surface area contributed by atoms with Crippen LogP contribution in [0.5, 0.6) is 17.2 Å². The molecule has 2 rings (SSSR count). The van der Waals surface area contributed by atoms with Crippen molar-refractivity contribution in [1.82, 2.24) is 15.5 Å². The van der Waals surface area contributed by atoms with Crippen molar-refractivity contribution in [2.45, 2.75) is 0 Å². The molecule has 1 aromatic carbocycles. The average Bonchev–Trinajstić information content (AvgIpc) is 2.60. The summed E-state index contributed by atoms with van der Waals surface area (Å²) in [6, 6.07) is 3.38. The number of carbonyl (C=O) groups excluding carboxylic acids is 1. The van der Waals surface area contributed by atoms with E-state index in [1.807, 2.05) is 0 Å². The molecule has 1 saturated heterocycles. The minimum atomic E-state index is -0.182. The van der Waals surface area contributed by atoms with Gasteiger partial charge in [0.15, 0.2) is 11.5 Å². The molecular weight excluding hydrogens is 334 g/mol. The van der Waals surface area contributed by atoms with Crippen molar-refractivity contribution in [3.8, 4) is 17.2 Å². The van der Waals surface area contributed by atoms with Gasteiger partial charge in [-0.3, -0.25) is 9.69 Å². The maximum atomic E-state index is 12.4. The summed E-state index contributed by atoms with van der Waals surface area (Å²) in [5, 5.41) is 6.24. The van der Waals surface area contributed by atoms with Crippen LogP contribution in [0.4, 0.5) is 0 Å². The fraction of sp³-hybridized carbons (Fsp3) is 0.562. The van der Waals surface area contributed by atoms with E-state index in [0.717, 1.165) is 32.7 Å². The Morgan fingerprint density at radius 1 is 1.12 bits per heavy atom. The first-order valence-corrected chi connectivity index (χ1v) is 7.71. The zero-order chi connectivity index (χ0) is 16.7. The van der Waals surface area contributed by atoms with Crippen LogP contribution >= 0.6 is 12.4 Å². The lowest BCUT2D eigenvalue weighted by Gasteiger charge is -2.27. The van der Waals surface area contributed by atoms with E-state index in [1.165, 1.54) is 14.2 Å². The third-order valence-electron chi connectivity index (χ3n) is 3.87. The number of benzene rings is 1. The SMILES string of the molecule is COc1ccc(C(=O)NCCN2CCNCC2)c(OC)c1OC.Cl. The molecule has 7 nitrogen and oxygen atoms in total. The van der Waals surface area contributed by atoms with Gasteiger partial charge in [-0.2, -0.15) is 0 Å². The maximum absolute atomic E-state index is 12.4. The lowest BCUT2D eigenvalue weighted by Crippen LogP contribution is -2.46. The topological polar surface area (TPSA) is 72.1 Å². The minimum Gasteiger partial charge on any atom is -0.493 e. The van der Waals surface area contributed by atoms with Gasteiger partial charge < -0.3 is 24.8 Å². The van der Waals surface area contributed by atoms with Crippen molar-refractivity contribution in [3.63, 3.8) is 0 Å². The second-order valence-corrected chi connectivity index (χ2v) is 5.23. The van der Waals surface area contributed by atoms with Gasteiger partial charge in [0.2, 0.25) is 5.75 Å². The van der Waals surface area contributed by atoms with Crippen LogP contribution in [-0.2, 0) is 0 Å². The molecule has 0 spiro atoms. The van der Waals surface area contributed by atoms with Gasteiger partial charge in [-0.1, -0.05) is 0 Å². The van der Waals surface area contributed by atoms with Crippen LogP contribution in [0, 0.1) is 0 Å². The maximum Gasteiger partial charge on any atom is 0.255 e. The van der Waals surface area contributed by atoms with Crippen LogP contribution in [0.2, 0.25) is 0 Å². The number of ether oxygens (including phenoxy) is 3. The molecule has 0 bridgehead atoms. The van der Waals surface area contributed by atoms with Crippen molar-refractivity contribution in [2.24, 2.45) is 0 Å². The number of halogens is 1. The van der Waals surface area contributed by atoms with Crippen LogP contribution in [0.3, 0.4) is 0 Å². The summed E-state index contributed by atoms with van der Waals surface area (Å²) < 4.78 is 15.9. The molecule has 2 N–H and O–H groups in total. The Bertz CT molecular complexity index is 536. The molecule has 0 atom stereocenters. The molecule has 1 heterocycles. The standard InChI is InChI=1S/C16H25N3O4.ClH/c1-21-13-5-4-12(14(22-2)15(13)23-3)16(20)18-8-11-19-9-6-17-7-10-19;/h4-5,17H,6-11H2,1-3H3,(H,18,20);1H. The van der Waals surface area contributed by atoms with E-state index in [4.69, 9.17) is 14.2 Å². The predicted octanol–water partition coefficient (Wildman–Crippen LogP) is 0.769. The van der Waals surface area contributed by atoms with Crippen molar-refractivity contribution in [2.75, 3.05) is 60.6 Å². The molecule has 1 aliphatic rings. The second kappa shape index (κ2) is 10.2. The van der Waals surface area contributed by atoms with Gasteiger partial charge in [0, 0.05) is 39.3 Å². The highest BCUT2D eigenvalue weighted by molar-refractivity contribution is 5.98. The first-order valence-electron chi connectivity index (χ1n) is 7.71. The fourth-order valence-corrected chi connectivity index (χ4v) is 2.64. The molecule has 0 unspecified atom stereocenters. The van der Waals surface area contributed by atoms with Crippen molar-refractivity contribution >= 4 is 18.3 Å². The largest absolute Gasteiger partial charge is 0.493 e. The normalized spacial score (nSPS) is 14.5. The van der Waals surface area contributed by atoms with Crippen LogP contribution in [-0.4, -0.2) is 71.4 Å². The highest BCUT2D eigenvalue weighted by Gasteiger charge is 2.20. The van der Waals surface area contributed by atoms with Gasteiger partial charge in [-0.15, -0.1) is 12.4 Å². The highest BCUT2D eigenvalue weighted by atomic mass is 35.5. The van der Waals surface area contributed by atoms with E-state index in [1.54, 1.807) is 19.2 Å². The molecule has 8 heteroatoms. The number of nitrogens with zero attached hydrogens (tertiary/aromatic N) is 1. The van der Waals surface area contributed by atoms with Crippen LogP contribution in [0.25, 0.3) is 0 Å². The van der Waals surface area contributed by atoms with E-state index < -0.39 is 0 Å². The summed E-state index contributed by atoms with van der Waals surface area (Å²) in [5.41, 5.74) is 0.436. The first kappa shape index (κ1) is 20.3. The quantitative estimate of drug-likeness (QED) is 0.749. The van der Waals surface area contributed by atoms with E-state index in [9.17, 15) is 4.79 Å². The number of piperazine rings is 1. The number of carbonyl (C=O) groups is 1. The second-order valence-electron chi connectivity index (χ2n) is 5.23. The van der Waals surface area contributed by atoms with Gasteiger partial charge in [0.25, 0.3) is 5.91 Å². The number of amides is 1. The monoisotopic (exact) mass is 359 g/mol. The number of hydrogen-bond acceptors (Lipinski definition) is 6. The minimum absolute atomic E-state index is 0. The molecule has 0 radical (unpaired) electrons. The van der Waals surface area contributed by atoms with Crippen LogP contribution in [0.1, 0.15) is 10.4 Å². The molecule has 1 aliphatic heterocycles. The molecule has 1 fully saturated rings. The third-order valence-corrected chi connectivity index (χ3v) is 3.87. The number of hydrogen-bond donors (Lipinski definition) is 2. The number of nitrogens with one attached hydrogen (secondary N) is 2. The van der Waals surface area contributed by atoms with Gasteiger partial charge in [-0.05, 0) is 12.1 Å². The lowest BCUT2D eigenvalue weighted by molar-refractivity contribution is 0.0943. The number of rotatable bonds is 7. The number of methoxy groups -OCH3 is 3. The van der Waals surface area contributed by atoms with E-state index in [0.29, 0.717) is 29.4 Å². The van der Waals surface area contributed by atoms with Crippen molar-refractivity contribution in [3.05, 3.63) is 17.7 Å².